The monoisotopic (exact) mass is 386 g/mol. The highest BCUT2D eigenvalue weighted by atomic mass is 31.2. The van der Waals surface area contributed by atoms with Crippen LogP contribution in [0.25, 0.3) is 0 Å². The lowest BCUT2D eigenvalue weighted by Gasteiger charge is -2.30. The molecular weight excluding hydrogens is 359 g/mol. The summed E-state index contributed by atoms with van der Waals surface area (Å²) in [5, 5.41) is 0. The number of ether oxygens (including phenoxy) is 2. The first-order chi connectivity index (χ1) is 12.4. The predicted octanol–water partition coefficient (Wildman–Crippen LogP) is 3.53. The zero-order valence-electron chi connectivity index (χ0n) is 15.7. The van der Waals surface area contributed by atoms with Crippen molar-refractivity contribution in [1.29, 1.82) is 0 Å². The summed E-state index contributed by atoms with van der Waals surface area (Å²) in [5.41, 5.74) is -0.979. The first-order valence-electron chi connectivity index (χ1n) is 8.72. The van der Waals surface area contributed by atoms with E-state index in [1.165, 1.54) is 0 Å². The minimum atomic E-state index is -3.99. The Labute approximate surface area is 154 Å². The van der Waals surface area contributed by atoms with Crippen molar-refractivity contribution in [2.24, 2.45) is 0 Å². The van der Waals surface area contributed by atoms with Gasteiger partial charge in [0.15, 0.2) is 5.66 Å². The second-order valence-electron chi connectivity index (χ2n) is 5.21. The van der Waals surface area contributed by atoms with E-state index in [2.05, 4.69) is 0 Å². The van der Waals surface area contributed by atoms with E-state index < -0.39 is 31.1 Å². The molecule has 0 aliphatic carbocycles. The van der Waals surface area contributed by atoms with Crippen LogP contribution in [0.1, 0.15) is 39.2 Å². The molecule has 0 heterocycles. The van der Waals surface area contributed by atoms with Crippen molar-refractivity contribution in [1.82, 2.24) is 0 Å². The summed E-state index contributed by atoms with van der Waals surface area (Å²) in [6, 6.07) is 8.54. The normalized spacial score (nSPS) is 13.7. The lowest BCUT2D eigenvalue weighted by molar-refractivity contribution is -0.151. The summed E-state index contributed by atoms with van der Waals surface area (Å²) < 4.78 is 34.3. The number of benzene rings is 1. The molecular formula is C18H27O7P. The van der Waals surface area contributed by atoms with Crippen molar-refractivity contribution in [2.45, 2.75) is 39.3 Å². The van der Waals surface area contributed by atoms with Crippen molar-refractivity contribution in [3.8, 4) is 0 Å². The standard InChI is InChI=1S/C18H27O7P/c1-5-22-17(19)15(14-12-10-9-11-13-14)16(18(20)23-6-2)26(21,24-7-3)25-8-4/h9-13,15-16H,5-8H2,1-4H3. The Morgan fingerprint density at radius 2 is 1.35 bits per heavy atom. The topological polar surface area (TPSA) is 88.1 Å². The van der Waals surface area contributed by atoms with Crippen LogP contribution in [-0.4, -0.2) is 44.0 Å². The molecule has 0 aliphatic heterocycles. The van der Waals surface area contributed by atoms with Gasteiger partial charge in [0.25, 0.3) is 0 Å². The van der Waals surface area contributed by atoms with E-state index in [-0.39, 0.29) is 26.4 Å². The number of carbonyl (C=O) groups is 2. The van der Waals surface area contributed by atoms with Gasteiger partial charge in [0.1, 0.15) is 5.92 Å². The average molecular weight is 386 g/mol. The zero-order valence-corrected chi connectivity index (χ0v) is 16.6. The van der Waals surface area contributed by atoms with Gasteiger partial charge in [-0.05, 0) is 33.3 Å². The maximum absolute atomic E-state index is 13.4. The maximum atomic E-state index is 13.4. The fraction of sp³-hybridized carbons (Fsp3) is 0.556. The number of hydrogen-bond donors (Lipinski definition) is 0. The molecule has 8 heteroatoms. The van der Waals surface area contributed by atoms with Crippen LogP contribution in [0.4, 0.5) is 0 Å². The third kappa shape index (κ3) is 5.66. The van der Waals surface area contributed by atoms with Crippen LogP contribution in [0.3, 0.4) is 0 Å². The van der Waals surface area contributed by atoms with Crippen LogP contribution in [0.15, 0.2) is 30.3 Å². The first-order valence-corrected chi connectivity index (χ1v) is 10.3. The summed E-state index contributed by atoms with van der Waals surface area (Å²) in [6.07, 6.45) is 0. The Bertz CT molecular complexity index is 607. The third-order valence-electron chi connectivity index (χ3n) is 3.50. The van der Waals surface area contributed by atoms with Crippen molar-refractivity contribution < 1.29 is 32.7 Å². The Morgan fingerprint density at radius 3 is 1.81 bits per heavy atom. The summed E-state index contributed by atoms with van der Waals surface area (Å²) >= 11 is 0. The molecule has 0 spiro atoms. The number of rotatable bonds is 11. The molecule has 146 valence electrons. The zero-order chi connectivity index (χ0) is 19.6. The lowest BCUT2D eigenvalue weighted by Crippen LogP contribution is -2.37. The van der Waals surface area contributed by atoms with Crippen molar-refractivity contribution in [2.75, 3.05) is 26.4 Å². The highest BCUT2D eigenvalue weighted by molar-refractivity contribution is 7.55. The molecule has 26 heavy (non-hydrogen) atoms. The van der Waals surface area contributed by atoms with Crippen LogP contribution < -0.4 is 0 Å². The van der Waals surface area contributed by atoms with Gasteiger partial charge < -0.3 is 18.5 Å². The summed E-state index contributed by atoms with van der Waals surface area (Å²) in [6.45, 7) is 6.84. The minimum absolute atomic E-state index is 0.0531. The molecule has 0 fully saturated rings. The molecule has 0 radical (unpaired) electrons. The second kappa shape index (κ2) is 11.1. The van der Waals surface area contributed by atoms with Crippen LogP contribution in [0, 0.1) is 0 Å². The van der Waals surface area contributed by atoms with E-state index in [0.29, 0.717) is 5.56 Å². The molecule has 0 saturated heterocycles. The van der Waals surface area contributed by atoms with Crippen molar-refractivity contribution >= 4 is 19.5 Å². The van der Waals surface area contributed by atoms with Crippen LogP contribution >= 0.6 is 7.60 Å². The quantitative estimate of drug-likeness (QED) is 0.425. The summed E-state index contributed by atoms with van der Waals surface area (Å²) in [5.74, 6) is -2.67. The molecule has 2 unspecified atom stereocenters. The second-order valence-corrected chi connectivity index (χ2v) is 7.37. The molecule has 1 aromatic rings. The Hall–Kier alpha value is -1.69. The van der Waals surface area contributed by atoms with Gasteiger partial charge in [-0.2, -0.15) is 0 Å². The molecule has 0 aromatic heterocycles. The fourth-order valence-electron chi connectivity index (χ4n) is 2.57. The van der Waals surface area contributed by atoms with Gasteiger partial charge in [-0.15, -0.1) is 0 Å². The van der Waals surface area contributed by atoms with Gasteiger partial charge in [0.05, 0.1) is 26.4 Å². The maximum Gasteiger partial charge on any atom is 0.346 e. The largest absolute Gasteiger partial charge is 0.465 e. The summed E-state index contributed by atoms with van der Waals surface area (Å²) in [4.78, 5) is 25.4. The van der Waals surface area contributed by atoms with Gasteiger partial charge in [-0.1, -0.05) is 30.3 Å². The molecule has 1 rings (SSSR count). The van der Waals surface area contributed by atoms with E-state index in [4.69, 9.17) is 18.5 Å². The van der Waals surface area contributed by atoms with Gasteiger partial charge in [0, 0.05) is 0 Å². The fourth-order valence-corrected chi connectivity index (χ4v) is 4.68. The van der Waals surface area contributed by atoms with Crippen molar-refractivity contribution in [3.63, 3.8) is 0 Å². The minimum Gasteiger partial charge on any atom is -0.465 e. The van der Waals surface area contributed by atoms with E-state index in [1.807, 2.05) is 0 Å². The summed E-state index contributed by atoms with van der Waals surface area (Å²) in [7, 11) is -3.99. The SMILES string of the molecule is CCOC(=O)C(c1ccccc1)C(C(=O)OCC)P(=O)(OCC)OCC. The Morgan fingerprint density at radius 1 is 0.846 bits per heavy atom. The molecule has 0 N–H and O–H groups in total. The Balaban J connectivity index is 3.52. The number of carbonyl (C=O) groups excluding carboxylic acids is 2. The van der Waals surface area contributed by atoms with E-state index in [0.717, 1.165) is 0 Å². The molecule has 0 amide bonds. The van der Waals surface area contributed by atoms with Gasteiger partial charge in [-0.3, -0.25) is 14.2 Å². The number of esters is 2. The Kier molecular flexibility index (Phi) is 9.55. The molecule has 0 saturated carbocycles. The van der Waals surface area contributed by atoms with Gasteiger partial charge in [0.2, 0.25) is 0 Å². The highest BCUT2D eigenvalue weighted by Gasteiger charge is 2.51. The van der Waals surface area contributed by atoms with Crippen LogP contribution in [-0.2, 0) is 32.7 Å². The first kappa shape index (κ1) is 22.4. The van der Waals surface area contributed by atoms with E-state index >= 15 is 0 Å². The lowest BCUT2D eigenvalue weighted by atomic mass is 9.95. The van der Waals surface area contributed by atoms with Crippen LogP contribution in [0.5, 0.6) is 0 Å². The number of hydrogen-bond acceptors (Lipinski definition) is 7. The van der Waals surface area contributed by atoms with Gasteiger partial charge in [-0.25, -0.2) is 0 Å². The van der Waals surface area contributed by atoms with E-state index in [1.54, 1.807) is 58.0 Å². The van der Waals surface area contributed by atoms with E-state index in [9.17, 15) is 14.2 Å². The third-order valence-corrected chi connectivity index (χ3v) is 5.93. The highest BCUT2D eigenvalue weighted by Crippen LogP contribution is 2.58. The van der Waals surface area contributed by atoms with Crippen molar-refractivity contribution in [3.05, 3.63) is 35.9 Å². The molecule has 2 atom stereocenters. The molecule has 7 nitrogen and oxygen atoms in total. The van der Waals surface area contributed by atoms with Crippen LogP contribution in [0.2, 0.25) is 0 Å². The smallest absolute Gasteiger partial charge is 0.346 e. The molecule has 1 aromatic carbocycles. The average Bonchev–Trinajstić information content (AvgIpc) is 2.60. The molecule has 0 aliphatic rings. The molecule has 0 bridgehead atoms. The predicted molar refractivity (Wildman–Crippen MR) is 97.1 cm³/mol. The van der Waals surface area contributed by atoms with Gasteiger partial charge >= 0.3 is 19.5 Å².